The fourth-order valence-electron chi connectivity index (χ4n) is 3.75. The van der Waals surface area contributed by atoms with Crippen molar-refractivity contribution in [2.45, 2.75) is 6.42 Å². The second-order valence-corrected chi connectivity index (χ2v) is 7.21. The average Bonchev–Trinajstić information content (AvgIpc) is 2.78. The van der Waals surface area contributed by atoms with Crippen molar-refractivity contribution in [2.75, 3.05) is 37.6 Å². The molecule has 2 aromatic carbocycles. The summed E-state index contributed by atoms with van der Waals surface area (Å²) in [4.78, 5) is 32.1. The number of hydrogen-bond acceptors (Lipinski definition) is 3. The highest BCUT2D eigenvalue weighted by molar-refractivity contribution is 5.91. The number of benzene rings is 2. The Morgan fingerprint density at radius 3 is 2.45 bits per heavy atom. The number of aromatic amines is 1. The number of aromatic nitrogens is 1. The van der Waals surface area contributed by atoms with E-state index in [1.165, 1.54) is 0 Å². The molecule has 2 N–H and O–H groups in total. The number of nitrogens with zero attached hydrogens (tertiary/aromatic N) is 2. The van der Waals surface area contributed by atoms with Crippen LogP contribution < -0.4 is 15.2 Å². The van der Waals surface area contributed by atoms with Crippen molar-refractivity contribution in [2.24, 2.45) is 0 Å². The summed E-state index contributed by atoms with van der Waals surface area (Å²) in [5, 5.41) is 4.97. The molecule has 1 aliphatic rings. The van der Waals surface area contributed by atoms with Gasteiger partial charge in [-0.25, -0.2) is 4.98 Å². The normalized spacial score (nSPS) is 14.1. The zero-order chi connectivity index (χ0) is 20.1. The van der Waals surface area contributed by atoms with Crippen LogP contribution in [0, 0.1) is 0 Å². The van der Waals surface area contributed by atoms with Crippen molar-refractivity contribution in [1.29, 1.82) is 0 Å². The van der Waals surface area contributed by atoms with Gasteiger partial charge in [-0.15, -0.1) is 0 Å². The molecule has 0 spiro atoms. The molecule has 0 atom stereocenters. The van der Waals surface area contributed by atoms with Gasteiger partial charge < -0.3 is 10.2 Å². The van der Waals surface area contributed by atoms with Crippen LogP contribution in [-0.4, -0.2) is 49.4 Å². The summed E-state index contributed by atoms with van der Waals surface area (Å²) in [6, 6.07) is 19.9. The summed E-state index contributed by atoms with van der Waals surface area (Å²) < 4.78 is 0. The first-order valence-corrected chi connectivity index (χ1v) is 9.93. The Kier molecular flexibility index (Phi) is 5.70. The molecule has 0 aliphatic carbocycles. The van der Waals surface area contributed by atoms with Crippen LogP contribution in [0.4, 0.5) is 5.82 Å². The van der Waals surface area contributed by atoms with Crippen molar-refractivity contribution in [1.82, 2.24) is 10.2 Å². The number of fused-ring (bicyclic) bond motifs is 1. The van der Waals surface area contributed by atoms with E-state index in [1.807, 2.05) is 71.8 Å². The van der Waals surface area contributed by atoms with Crippen molar-refractivity contribution in [3.05, 3.63) is 72.4 Å². The maximum atomic E-state index is 12.5. The van der Waals surface area contributed by atoms with E-state index in [9.17, 15) is 9.59 Å². The number of hydrogen-bond donors (Lipinski definition) is 1. The SMILES string of the molecule is O=C(Cc1cccc2ccccc12)NCC(=O)N1CCN(c2cccc[nH+]2)CC1. The first kappa shape index (κ1) is 18.9. The molecule has 2 heterocycles. The monoisotopic (exact) mass is 389 g/mol. The summed E-state index contributed by atoms with van der Waals surface area (Å²) >= 11 is 0. The Morgan fingerprint density at radius 1 is 0.897 bits per heavy atom. The summed E-state index contributed by atoms with van der Waals surface area (Å²) in [5.74, 6) is 0.892. The topological polar surface area (TPSA) is 66.8 Å². The quantitative estimate of drug-likeness (QED) is 0.722. The Hall–Kier alpha value is -3.41. The molecule has 0 saturated carbocycles. The number of anilines is 1. The van der Waals surface area contributed by atoms with Crippen LogP contribution in [0.2, 0.25) is 0 Å². The Bertz CT molecular complexity index is 993. The lowest BCUT2D eigenvalue weighted by Crippen LogP contribution is -2.52. The van der Waals surface area contributed by atoms with Gasteiger partial charge in [0.2, 0.25) is 11.8 Å². The predicted octanol–water partition coefficient (Wildman–Crippen LogP) is 1.66. The number of piperazine rings is 1. The summed E-state index contributed by atoms with van der Waals surface area (Å²) in [7, 11) is 0. The van der Waals surface area contributed by atoms with Gasteiger partial charge in [0.05, 0.1) is 32.3 Å². The minimum absolute atomic E-state index is 0.0343. The van der Waals surface area contributed by atoms with E-state index in [4.69, 9.17) is 0 Å². The van der Waals surface area contributed by atoms with Gasteiger partial charge in [0.15, 0.2) is 0 Å². The largest absolute Gasteiger partial charge is 0.347 e. The molecule has 2 amide bonds. The third-order valence-corrected chi connectivity index (χ3v) is 5.33. The van der Waals surface area contributed by atoms with Crippen molar-refractivity contribution >= 4 is 28.4 Å². The van der Waals surface area contributed by atoms with Gasteiger partial charge in [0.1, 0.15) is 13.1 Å². The third kappa shape index (κ3) is 4.54. The average molecular weight is 389 g/mol. The standard InChI is InChI=1S/C23H24N4O2/c28-22(16-19-8-5-7-18-6-1-2-9-20(18)19)25-17-23(29)27-14-12-26(13-15-27)21-10-3-4-11-24-21/h1-11H,12-17H2,(H,25,28)/p+1. The lowest BCUT2D eigenvalue weighted by molar-refractivity contribution is -0.364. The fourth-order valence-corrected chi connectivity index (χ4v) is 3.75. The predicted molar refractivity (Wildman–Crippen MR) is 112 cm³/mol. The molecular formula is C23H25N4O2+. The van der Waals surface area contributed by atoms with Crippen molar-refractivity contribution in [3.63, 3.8) is 0 Å². The number of carbonyl (C=O) groups excluding carboxylic acids is 2. The van der Waals surface area contributed by atoms with E-state index in [0.717, 1.165) is 35.2 Å². The molecule has 6 nitrogen and oxygen atoms in total. The highest BCUT2D eigenvalue weighted by atomic mass is 16.2. The Balaban J connectivity index is 1.27. The lowest BCUT2D eigenvalue weighted by atomic mass is 10.0. The van der Waals surface area contributed by atoms with Crippen LogP contribution in [-0.2, 0) is 16.0 Å². The number of rotatable bonds is 5. The second-order valence-electron chi connectivity index (χ2n) is 7.21. The minimum atomic E-state index is -0.132. The van der Waals surface area contributed by atoms with Crippen LogP contribution in [0.5, 0.6) is 0 Å². The second kappa shape index (κ2) is 8.73. The highest BCUT2D eigenvalue weighted by Crippen LogP contribution is 2.18. The molecule has 29 heavy (non-hydrogen) atoms. The summed E-state index contributed by atoms with van der Waals surface area (Å²) in [6.45, 7) is 2.90. The van der Waals surface area contributed by atoms with E-state index in [0.29, 0.717) is 13.1 Å². The number of pyridine rings is 1. The summed E-state index contributed by atoms with van der Waals surface area (Å²) in [5.41, 5.74) is 0.973. The highest BCUT2D eigenvalue weighted by Gasteiger charge is 2.26. The molecule has 4 rings (SSSR count). The van der Waals surface area contributed by atoms with E-state index >= 15 is 0 Å². The molecule has 0 unspecified atom stereocenters. The van der Waals surface area contributed by atoms with Gasteiger partial charge in [-0.3, -0.25) is 14.5 Å². The van der Waals surface area contributed by atoms with Gasteiger partial charge in [0.25, 0.3) is 5.82 Å². The molecule has 0 bridgehead atoms. The molecule has 0 radical (unpaired) electrons. The number of nitrogens with one attached hydrogen (secondary N) is 2. The van der Waals surface area contributed by atoms with Crippen molar-refractivity contribution < 1.29 is 14.6 Å². The first-order chi connectivity index (χ1) is 14.2. The first-order valence-electron chi connectivity index (χ1n) is 9.93. The smallest absolute Gasteiger partial charge is 0.274 e. The maximum Gasteiger partial charge on any atom is 0.274 e. The van der Waals surface area contributed by atoms with Crippen LogP contribution in [0.3, 0.4) is 0 Å². The molecule has 3 aromatic rings. The number of carbonyl (C=O) groups is 2. The lowest BCUT2D eigenvalue weighted by Gasteiger charge is -2.31. The molecule has 6 heteroatoms. The van der Waals surface area contributed by atoms with Crippen LogP contribution in [0.25, 0.3) is 10.8 Å². The van der Waals surface area contributed by atoms with Crippen molar-refractivity contribution in [3.8, 4) is 0 Å². The van der Waals surface area contributed by atoms with E-state index in [-0.39, 0.29) is 24.8 Å². The summed E-state index contributed by atoms with van der Waals surface area (Å²) in [6.07, 6.45) is 2.17. The van der Waals surface area contributed by atoms with E-state index in [1.54, 1.807) is 0 Å². The molecule has 1 fully saturated rings. The van der Waals surface area contributed by atoms with Crippen LogP contribution >= 0.6 is 0 Å². The maximum absolute atomic E-state index is 12.5. The molecule has 1 aliphatic heterocycles. The molecule has 1 aromatic heterocycles. The zero-order valence-electron chi connectivity index (χ0n) is 16.3. The van der Waals surface area contributed by atoms with Gasteiger partial charge in [-0.05, 0) is 22.4 Å². The van der Waals surface area contributed by atoms with Gasteiger partial charge in [-0.1, -0.05) is 48.5 Å². The van der Waals surface area contributed by atoms with E-state index < -0.39 is 0 Å². The van der Waals surface area contributed by atoms with Gasteiger partial charge in [0, 0.05) is 6.07 Å². The Labute approximate surface area is 170 Å². The van der Waals surface area contributed by atoms with E-state index in [2.05, 4.69) is 15.2 Å². The van der Waals surface area contributed by atoms with Crippen LogP contribution in [0.15, 0.2) is 66.9 Å². The number of amides is 2. The third-order valence-electron chi connectivity index (χ3n) is 5.33. The number of H-pyrrole nitrogens is 1. The minimum Gasteiger partial charge on any atom is -0.347 e. The van der Waals surface area contributed by atoms with Gasteiger partial charge >= 0.3 is 0 Å². The van der Waals surface area contributed by atoms with Gasteiger partial charge in [-0.2, -0.15) is 0 Å². The zero-order valence-corrected chi connectivity index (χ0v) is 16.3. The van der Waals surface area contributed by atoms with Crippen LogP contribution in [0.1, 0.15) is 5.56 Å². The molecule has 148 valence electrons. The fraction of sp³-hybridized carbons (Fsp3) is 0.261. The molecular weight excluding hydrogens is 364 g/mol. The molecule has 1 saturated heterocycles. The Morgan fingerprint density at radius 2 is 1.66 bits per heavy atom.